The van der Waals surface area contributed by atoms with E-state index < -0.39 is 6.10 Å². The van der Waals surface area contributed by atoms with Crippen LogP contribution in [0.25, 0.3) is 0 Å². The van der Waals surface area contributed by atoms with Gasteiger partial charge >= 0.3 is 0 Å². The Kier molecular flexibility index (Phi) is 4.35. The van der Waals surface area contributed by atoms with Gasteiger partial charge in [-0.25, -0.2) is 0 Å². The fourth-order valence-electron chi connectivity index (χ4n) is 1.86. The average molecular weight is 200 g/mol. The van der Waals surface area contributed by atoms with Crippen LogP contribution in [0.15, 0.2) is 0 Å². The number of amides is 1. The third kappa shape index (κ3) is 3.27. The minimum atomic E-state index is -0.901. The maximum Gasteiger partial charge on any atom is 0.248 e. The Morgan fingerprint density at radius 1 is 1.50 bits per heavy atom. The molecule has 4 heteroatoms. The van der Waals surface area contributed by atoms with Crippen LogP contribution in [0, 0.1) is 5.92 Å². The highest BCUT2D eigenvalue weighted by Gasteiger charge is 2.22. The minimum absolute atomic E-state index is 0.236. The summed E-state index contributed by atoms with van der Waals surface area (Å²) in [5.74, 6) is 0.357. The zero-order valence-corrected chi connectivity index (χ0v) is 8.70. The van der Waals surface area contributed by atoms with Crippen LogP contribution < -0.4 is 11.1 Å². The molecule has 0 bridgehead atoms. The first-order chi connectivity index (χ1) is 6.63. The molecular formula is C10H20N2O2. The predicted octanol–water partition coefficient (Wildman–Crippen LogP) is 0.000900. The minimum Gasteiger partial charge on any atom is -0.384 e. The number of hydrogen-bond donors (Lipinski definition) is 3. The van der Waals surface area contributed by atoms with Crippen LogP contribution in [-0.2, 0) is 4.79 Å². The Bertz CT molecular complexity index is 187. The van der Waals surface area contributed by atoms with Gasteiger partial charge < -0.3 is 16.2 Å². The number of nitrogens with two attached hydrogens (primary N) is 1. The molecule has 4 nitrogen and oxygen atoms in total. The van der Waals surface area contributed by atoms with Crippen LogP contribution in [0.3, 0.4) is 0 Å². The van der Waals surface area contributed by atoms with E-state index in [2.05, 4.69) is 5.32 Å². The lowest BCUT2D eigenvalue weighted by atomic mass is 9.86. The molecule has 0 spiro atoms. The second kappa shape index (κ2) is 5.32. The van der Waals surface area contributed by atoms with E-state index in [4.69, 9.17) is 10.8 Å². The number of aliphatic hydroxyl groups is 1. The summed E-state index contributed by atoms with van der Waals surface area (Å²) >= 11 is 0. The molecule has 0 radical (unpaired) electrons. The first kappa shape index (κ1) is 11.5. The van der Waals surface area contributed by atoms with E-state index in [1.54, 1.807) is 0 Å². The predicted molar refractivity (Wildman–Crippen MR) is 54.6 cm³/mol. The third-order valence-corrected chi connectivity index (χ3v) is 2.91. The summed E-state index contributed by atoms with van der Waals surface area (Å²) in [7, 11) is 0. The van der Waals surface area contributed by atoms with E-state index in [0.29, 0.717) is 5.92 Å². The molecule has 0 aliphatic heterocycles. The van der Waals surface area contributed by atoms with Gasteiger partial charge in [-0.1, -0.05) is 0 Å². The molecule has 1 aliphatic rings. The van der Waals surface area contributed by atoms with Crippen molar-refractivity contribution in [1.82, 2.24) is 5.32 Å². The van der Waals surface area contributed by atoms with Crippen molar-refractivity contribution in [2.75, 3.05) is 6.54 Å². The molecule has 1 aliphatic carbocycles. The highest BCUT2D eigenvalue weighted by molar-refractivity contribution is 5.80. The van der Waals surface area contributed by atoms with Crippen molar-refractivity contribution >= 4 is 5.91 Å². The number of carbonyl (C=O) groups excluding carboxylic acids is 1. The molecule has 1 fully saturated rings. The van der Waals surface area contributed by atoms with Crippen molar-refractivity contribution in [2.45, 2.75) is 44.8 Å². The van der Waals surface area contributed by atoms with E-state index in [-0.39, 0.29) is 11.9 Å². The summed E-state index contributed by atoms with van der Waals surface area (Å²) in [4.78, 5) is 11.2. The van der Waals surface area contributed by atoms with Crippen LogP contribution in [0.4, 0.5) is 0 Å². The van der Waals surface area contributed by atoms with Gasteiger partial charge in [0.25, 0.3) is 0 Å². The van der Waals surface area contributed by atoms with Crippen LogP contribution in [-0.4, -0.2) is 29.7 Å². The Morgan fingerprint density at radius 3 is 2.50 bits per heavy atom. The van der Waals surface area contributed by atoms with Gasteiger partial charge in [0.1, 0.15) is 6.10 Å². The number of rotatable bonds is 3. The largest absolute Gasteiger partial charge is 0.384 e. The monoisotopic (exact) mass is 200 g/mol. The van der Waals surface area contributed by atoms with Gasteiger partial charge in [0.2, 0.25) is 5.91 Å². The van der Waals surface area contributed by atoms with E-state index in [1.165, 1.54) is 6.92 Å². The quantitative estimate of drug-likeness (QED) is 0.600. The van der Waals surface area contributed by atoms with Crippen LogP contribution >= 0.6 is 0 Å². The van der Waals surface area contributed by atoms with Gasteiger partial charge in [-0.15, -0.1) is 0 Å². The van der Waals surface area contributed by atoms with Gasteiger partial charge in [-0.05, 0) is 45.1 Å². The van der Waals surface area contributed by atoms with Gasteiger partial charge in [0.15, 0.2) is 0 Å². The molecule has 0 aromatic carbocycles. The van der Waals surface area contributed by atoms with Crippen molar-refractivity contribution in [3.63, 3.8) is 0 Å². The smallest absolute Gasteiger partial charge is 0.248 e. The van der Waals surface area contributed by atoms with Crippen molar-refractivity contribution in [3.05, 3.63) is 0 Å². The highest BCUT2D eigenvalue weighted by Crippen LogP contribution is 2.23. The number of hydrogen-bond acceptors (Lipinski definition) is 3. The summed E-state index contributed by atoms with van der Waals surface area (Å²) in [5.41, 5.74) is 5.57. The standard InChI is InChI=1S/C10H20N2O2/c1-7(13)10(14)12-9-4-2-8(6-11)3-5-9/h7-9,13H,2-6,11H2,1H3,(H,12,14)/t7-,8?,9?/m1/s1. The Balaban J connectivity index is 2.25. The van der Waals surface area contributed by atoms with Crippen LogP contribution in [0.1, 0.15) is 32.6 Å². The molecule has 4 N–H and O–H groups in total. The summed E-state index contributed by atoms with van der Waals surface area (Å²) in [6, 6.07) is 0.236. The second-order valence-corrected chi connectivity index (χ2v) is 4.14. The molecule has 1 atom stereocenters. The van der Waals surface area contributed by atoms with E-state index >= 15 is 0 Å². The zero-order chi connectivity index (χ0) is 10.6. The molecule has 0 unspecified atom stereocenters. The third-order valence-electron chi connectivity index (χ3n) is 2.91. The molecule has 1 rings (SSSR count). The molecule has 0 saturated heterocycles. The van der Waals surface area contributed by atoms with Crippen molar-refractivity contribution < 1.29 is 9.90 Å². The Hall–Kier alpha value is -0.610. The molecule has 0 heterocycles. The normalized spacial score (nSPS) is 29.6. The number of carbonyl (C=O) groups is 1. The van der Waals surface area contributed by atoms with Crippen molar-refractivity contribution in [3.8, 4) is 0 Å². The molecule has 82 valence electrons. The van der Waals surface area contributed by atoms with Crippen molar-refractivity contribution in [1.29, 1.82) is 0 Å². The molecule has 14 heavy (non-hydrogen) atoms. The average Bonchev–Trinajstić information content (AvgIpc) is 2.19. The van der Waals surface area contributed by atoms with Crippen molar-refractivity contribution in [2.24, 2.45) is 11.7 Å². The lowest BCUT2D eigenvalue weighted by Crippen LogP contribution is -2.42. The molecule has 0 aromatic heterocycles. The lowest BCUT2D eigenvalue weighted by molar-refractivity contribution is -0.129. The molecule has 1 saturated carbocycles. The van der Waals surface area contributed by atoms with Gasteiger partial charge in [0, 0.05) is 6.04 Å². The summed E-state index contributed by atoms with van der Waals surface area (Å²) in [6.45, 7) is 2.23. The lowest BCUT2D eigenvalue weighted by Gasteiger charge is -2.28. The first-order valence-electron chi connectivity index (χ1n) is 5.32. The Morgan fingerprint density at radius 2 is 2.07 bits per heavy atom. The first-order valence-corrected chi connectivity index (χ1v) is 5.32. The SMILES string of the molecule is C[C@@H](O)C(=O)NC1CCC(CN)CC1. The topological polar surface area (TPSA) is 75.3 Å². The number of aliphatic hydroxyl groups excluding tert-OH is 1. The molecule has 0 aromatic rings. The Labute approximate surface area is 84.9 Å². The number of nitrogens with one attached hydrogen (secondary N) is 1. The molecular weight excluding hydrogens is 180 g/mol. The van der Waals surface area contributed by atoms with Gasteiger partial charge in [0.05, 0.1) is 0 Å². The van der Waals surface area contributed by atoms with E-state index in [0.717, 1.165) is 32.2 Å². The van der Waals surface area contributed by atoms with Gasteiger partial charge in [-0.2, -0.15) is 0 Å². The zero-order valence-electron chi connectivity index (χ0n) is 8.70. The van der Waals surface area contributed by atoms with Crippen LogP contribution in [0.5, 0.6) is 0 Å². The van der Waals surface area contributed by atoms with E-state index in [1.807, 2.05) is 0 Å². The van der Waals surface area contributed by atoms with Gasteiger partial charge in [-0.3, -0.25) is 4.79 Å². The highest BCUT2D eigenvalue weighted by atomic mass is 16.3. The maximum absolute atomic E-state index is 11.2. The van der Waals surface area contributed by atoms with Crippen LogP contribution in [0.2, 0.25) is 0 Å². The summed E-state index contributed by atoms with van der Waals surface area (Å²) in [5, 5.41) is 11.9. The fourth-order valence-corrected chi connectivity index (χ4v) is 1.86. The maximum atomic E-state index is 11.2. The second-order valence-electron chi connectivity index (χ2n) is 4.14. The molecule has 1 amide bonds. The van der Waals surface area contributed by atoms with E-state index in [9.17, 15) is 4.79 Å². The summed E-state index contributed by atoms with van der Waals surface area (Å²) in [6.07, 6.45) is 3.24. The summed E-state index contributed by atoms with van der Waals surface area (Å²) < 4.78 is 0. The fraction of sp³-hybridized carbons (Fsp3) is 0.900.